The van der Waals surface area contributed by atoms with Gasteiger partial charge in [-0.3, -0.25) is 81.5 Å². The van der Waals surface area contributed by atoms with Gasteiger partial charge in [-0.2, -0.15) is 25.3 Å². The number of aliphatic carboxylic acids is 3. The second-order valence-corrected chi connectivity index (χ2v) is 34.3. The number of hydrogen-bond acceptors (Lipinski definition) is 29. The first-order chi connectivity index (χ1) is 66.5. The van der Waals surface area contributed by atoms with E-state index in [2.05, 4.69) is 116 Å². The molecule has 22 N–H and O–H groups in total. The van der Waals surface area contributed by atoms with Crippen LogP contribution < -0.4 is 84.9 Å². The fourth-order valence-corrected chi connectivity index (χ4v) is 14.1. The van der Waals surface area contributed by atoms with Crippen LogP contribution in [0.15, 0.2) is 97.3 Å². The van der Waals surface area contributed by atoms with Gasteiger partial charge in [0.25, 0.3) is 0 Å². The van der Waals surface area contributed by atoms with E-state index in [1.807, 2.05) is 0 Å². The molecule has 0 saturated heterocycles. The average molecular weight is 2010 g/mol. The van der Waals surface area contributed by atoms with Gasteiger partial charge in [0.2, 0.25) is 82.7 Å². The summed E-state index contributed by atoms with van der Waals surface area (Å²) in [6.45, 7) is 20.2. The molecule has 0 aliphatic heterocycles. The summed E-state index contributed by atoms with van der Waals surface area (Å²) in [6, 6.07) is -0.0338. The molecule has 0 bridgehead atoms. The van der Waals surface area contributed by atoms with Crippen LogP contribution >= 0.6 is 25.3 Å². The summed E-state index contributed by atoms with van der Waals surface area (Å²) in [4.78, 5) is 253. The Morgan fingerprint density at radius 1 is 0.429 bits per heavy atom. The molecule has 0 saturated carbocycles. The second-order valence-electron chi connectivity index (χ2n) is 33.6. The maximum Gasteiger partial charge on any atom is 0.328 e. The lowest BCUT2D eigenvalue weighted by molar-refractivity contribution is -0.145. The van der Waals surface area contributed by atoms with Crippen LogP contribution in [-0.2, 0) is 134 Å². The van der Waals surface area contributed by atoms with Crippen molar-refractivity contribution in [2.45, 2.75) is 199 Å². The summed E-state index contributed by atoms with van der Waals surface area (Å²) in [5.74, 6) is -22.0. The molecule has 13 atom stereocenters. The lowest BCUT2D eigenvalue weighted by Gasteiger charge is -2.30. The van der Waals surface area contributed by atoms with Gasteiger partial charge in [0.1, 0.15) is 72.2 Å². The van der Waals surface area contributed by atoms with Gasteiger partial charge >= 0.3 is 23.9 Å². The number of aliphatic hydroxyl groups is 1. The van der Waals surface area contributed by atoms with Gasteiger partial charge in [-0.25, -0.2) is 4.79 Å². The molecule has 48 heteroatoms. The van der Waals surface area contributed by atoms with E-state index >= 15 is 9.59 Å². The average Bonchev–Trinajstić information content (AvgIpc) is 1.66. The molecule has 2 heterocycles. The van der Waals surface area contributed by atoms with Crippen molar-refractivity contribution < 1.29 is 140 Å². The van der Waals surface area contributed by atoms with E-state index in [9.17, 15) is 97.1 Å². The molecular weight excluding hydrogens is 1870 g/mol. The first-order valence-corrected chi connectivity index (χ1v) is 46.8. The molecule has 14 amide bonds. The minimum Gasteiger partial charge on any atom is -0.481 e. The number of benzene rings is 3. The lowest BCUT2D eigenvalue weighted by Crippen LogP contribution is -2.61. The number of rotatable bonds is 68. The molecule has 0 unspecified atom stereocenters. The Balaban J connectivity index is 1.36. The second kappa shape index (κ2) is 62.4. The number of fused-ring (bicyclic) bond motifs is 2. The minimum atomic E-state index is -1.94. The first-order valence-electron chi connectivity index (χ1n) is 45.5. The molecule has 2 aromatic heterocycles. The summed E-state index contributed by atoms with van der Waals surface area (Å²) in [5.41, 5.74) is 8.06. The van der Waals surface area contributed by atoms with Crippen molar-refractivity contribution in [1.82, 2.24) is 84.4 Å². The van der Waals surface area contributed by atoms with Gasteiger partial charge in [0, 0.05) is 85.0 Å². The first kappa shape index (κ1) is 118. The molecule has 5 rings (SSSR count). The summed E-state index contributed by atoms with van der Waals surface area (Å²) in [5, 5.41) is 74.7. The number of H-pyrrole nitrogens is 2. The van der Waals surface area contributed by atoms with Crippen molar-refractivity contribution in [3.8, 4) is 5.75 Å². The molecule has 140 heavy (non-hydrogen) atoms. The van der Waals surface area contributed by atoms with Crippen LogP contribution in [0.5, 0.6) is 5.75 Å². The molecule has 3 aromatic carbocycles. The normalized spacial score (nSPS) is 14.1. The SMILES string of the molecule is C=C(C(C)C)[C@H](NC(=O)[C@H](CCC(=O)O)NC(=O)CNC(=O)[C@H](CC(C)C)NC(=O)[C@H](CC(=O)NCc1ccc(OC(=O)CCOCCOCCOCCOCCOCCOCCN)cc1)NC(=O)[C@H](Cc1c[nH]c2ccccc12)NC(=O)[C@H](C)NC(=O)[C@H](CS)NC(=O)[C@H](CC(=O)O)NC(C)=O)C(=O)N[C@H](C(=O)N[C@@H](Cc1c[nH]c2ccccc12)C(=O)N[C@@H](CS)C(=O)N[C@H](C(=O)O)[C@@H](C)O)C(C)C. The molecule has 0 fully saturated rings. The number of nitrogens with two attached hydrogens (primary N) is 1. The Morgan fingerprint density at radius 3 is 1.34 bits per heavy atom. The maximum atomic E-state index is 15.1. The molecule has 0 spiro atoms. The number of carboxylic acid groups (broad SMARTS) is 3. The maximum absolute atomic E-state index is 15.1. The number of para-hydroxylation sites is 2. The van der Waals surface area contributed by atoms with Crippen LogP contribution in [0.4, 0.5) is 0 Å². The van der Waals surface area contributed by atoms with E-state index in [0.29, 0.717) is 105 Å². The third kappa shape index (κ3) is 42.6. The summed E-state index contributed by atoms with van der Waals surface area (Å²) in [6.07, 6.45) is -2.48. The standard InChI is InChI=1S/C92H133N17O29S2/c1-50(2)39-66(82(120)97-47-74(113)100-65(23-24-75(114)115)83(121)108-79(53(7)51(3)4)91(129)107-78(52(5)6)90(128)104-68(41-59-46-95-64-18-14-12-16-62(59)64)85(123)106-72(49-140)89(127)109-80(55(9)110)92(130)131)102-86(124)69(42-73(112)96-44-57-19-21-60(22-20-57)138-77(118)25-27-132-29-31-134-33-35-136-37-38-137-36-34-135-32-30-133-28-26-93)103-84(122)67(40-58-45-94-63-17-13-11-15-61(58)63)101-81(119)54(8)98-88(126)71(48-139)105-87(125)70(43-76(116)117)99-56(10)111/h11-22,45-46,50-52,54-55,65-72,78-80,94-95,110,139-140H,7,23-44,47-49,93H2,1-6,8-10H3,(H,96,112)(H,97,120)(H,98,126)(H,99,111)(H,100,113)(H,101,119)(H,102,124)(H,103,122)(H,104,128)(H,105,125)(H,106,123)(H,107,129)(H,108,121)(H,109,127)(H,114,115)(H,116,117)(H,130,131)/t54-,55+,65-,66-,67-,68-,69-,70-,71-,72-,78-,79-,80-/m0/s1. The smallest absolute Gasteiger partial charge is 0.328 e. The van der Waals surface area contributed by atoms with E-state index in [1.165, 1.54) is 31.2 Å². The fraction of sp³-hybridized carbons (Fsp3) is 0.543. The molecule has 5 aromatic rings. The predicted molar refractivity (Wildman–Crippen MR) is 513 cm³/mol. The van der Waals surface area contributed by atoms with Gasteiger partial charge in [-0.15, -0.1) is 0 Å². The Morgan fingerprint density at radius 2 is 0.871 bits per heavy atom. The largest absolute Gasteiger partial charge is 0.481 e. The Hall–Kier alpha value is -12.7. The zero-order valence-corrected chi connectivity index (χ0v) is 81.5. The molecule has 0 aliphatic rings. The van der Waals surface area contributed by atoms with Crippen molar-refractivity contribution in [2.24, 2.45) is 23.5 Å². The third-order valence-electron chi connectivity index (χ3n) is 21.2. The highest BCUT2D eigenvalue weighted by molar-refractivity contribution is 7.80. The van der Waals surface area contributed by atoms with Crippen molar-refractivity contribution in [3.63, 3.8) is 0 Å². The summed E-state index contributed by atoms with van der Waals surface area (Å²) < 4.78 is 38.1. The molecular formula is C92H133N17O29S2. The van der Waals surface area contributed by atoms with Crippen molar-refractivity contribution in [2.75, 3.05) is 104 Å². The zero-order valence-electron chi connectivity index (χ0n) is 79.7. The van der Waals surface area contributed by atoms with Gasteiger partial charge in [-0.1, -0.05) is 96.7 Å². The van der Waals surface area contributed by atoms with Crippen LogP contribution in [0.25, 0.3) is 21.8 Å². The highest BCUT2D eigenvalue weighted by atomic mass is 32.1. The van der Waals surface area contributed by atoms with E-state index in [0.717, 1.165) is 13.8 Å². The molecule has 772 valence electrons. The quantitative estimate of drug-likeness (QED) is 0.00661. The molecule has 0 aliphatic carbocycles. The van der Waals surface area contributed by atoms with E-state index in [4.69, 9.17) is 38.9 Å². The minimum absolute atomic E-state index is 0.0100. The van der Waals surface area contributed by atoms with Crippen molar-refractivity contribution in [3.05, 3.63) is 114 Å². The van der Waals surface area contributed by atoms with E-state index < -0.39 is 241 Å². The number of nitrogens with one attached hydrogen (secondary N) is 16. The summed E-state index contributed by atoms with van der Waals surface area (Å²) >= 11 is 8.36. The number of thiol groups is 2. The lowest BCUT2D eigenvalue weighted by atomic mass is 9.94. The topological polar surface area (TPSA) is 679 Å². The Kier molecular flexibility index (Phi) is 52.5. The van der Waals surface area contributed by atoms with Crippen LogP contribution in [0.3, 0.4) is 0 Å². The monoisotopic (exact) mass is 2000 g/mol. The van der Waals surface area contributed by atoms with Gasteiger partial charge < -0.3 is 144 Å². The highest BCUT2D eigenvalue weighted by Crippen LogP contribution is 2.24. The zero-order chi connectivity index (χ0) is 104. The van der Waals surface area contributed by atoms with Gasteiger partial charge in [-0.05, 0) is 91.0 Å². The Bertz CT molecular complexity index is 4960. The van der Waals surface area contributed by atoms with Gasteiger partial charge in [0.15, 0.2) is 6.04 Å². The van der Waals surface area contributed by atoms with Gasteiger partial charge in [0.05, 0.1) is 111 Å². The number of carbonyl (C=O) groups is 18. The van der Waals surface area contributed by atoms with Crippen LogP contribution in [-0.4, -0.2) is 319 Å². The Labute approximate surface area is 819 Å². The number of esters is 1. The van der Waals surface area contributed by atoms with E-state index in [1.54, 1.807) is 102 Å². The number of aromatic amines is 2. The third-order valence-corrected chi connectivity index (χ3v) is 21.9. The van der Waals surface area contributed by atoms with Crippen molar-refractivity contribution >= 4 is 154 Å². The van der Waals surface area contributed by atoms with Crippen molar-refractivity contribution in [1.29, 1.82) is 0 Å². The number of ether oxygens (including phenoxy) is 7. The van der Waals surface area contributed by atoms with E-state index in [-0.39, 0.29) is 69.1 Å². The highest BCUT2D eigenvalue weighted by Gasteiger charge is 2.40. The number of carbonyl (C=O) groups excluding carboxylic acids is 15. The summed E-state index contributed by atoms with van der Waals surface area (Å²) in [7, 11) is 0. The number of aromatic nitrogens is 2. The van der Waals surface area contributed by atoms with Crippen LogP contribution in [0.1, 0.15) is 118 Å². The molecule has 0 radical (unpaired) electrons. The fourth-order valence-electron chi connectivity index (χ4n) is 13.6. The predicted octanol–water partition coefficient (Wildman–Crippen LogP) is -1.95. The number of hydrogen-bond donors (Lipinski definition) is 23. The molecule has 46 nitrogen and oxygen atoms in total. The number of amides is 14. The van der Waals surface area contributed by atoms with Crippen LogP contribution in [0.2, 0.25) is 0 Å². The van der Waals surface area contributed by atoms with Crippen LogP contribution in [0, 0.1) is 17.8 Å². The number of carboxylic acids is 3. The number of aliphatic hydroxyl groups excluding tert-OH is 1.